The SMILES string of the molecule is C=CC(=O)OC[Si](CC)(OC(C)=O)OC(=O)CC. The van der Waals surface area contributed by atoms with Crippen molar-refractivity contribution >= 4 is 26.5 Å². The lowest BCUT2D eigenvalue weighted by molar-refractivity contribution is -0.144. The zero-order valence-electron chi connectivity index (χ0n) is 10.9. The highest BCUT2D eigenvalue weighted by molar-refractivity contribution is 6.70. The summed E-state index contributed by atoms with van der Waals surface area (Å²) in [7, 11) is -3.19. The smallest absolute Gasteiger partial charge is 0.483 e. The minimum Gasteiger partial charge on any atom is -0.483 e. The summed E-state index contributed by atoms with van der Waals surface area (Å²) >= 11 is 0. The molecule has 0 radical (unpaired) electrons. The summed E-state index contributed by atoms with van der Waals surface area (Å²) in [4.78, 5) is 33.4. The van der Waals surface area contributed by atoms with Crippen LogP contribution in [0.3, 0.4) is 0 Å². The van der Waals surface area contributed by atoms with Crippen molar-refractivity contribution < 1.29 is 28.0 Å². The molecule has 6 nitrogen and oxygen atoms in total. The van der Waals surface area contributed by atoms with E-state index in [9.17, 15) is 14.4 Å². The fraction of sp³-hybridized carbons (Fsp3) is 0.545. The van der Waals surface area contributed by atoms with Crippen LogP contribution in [0.15, 0.2) is 12.7 Å². The Morgan fingerprint density at radius 2 is 1.83 bits per heavy atom. The number of ether oxygens (including phenoxy) is 1. The molecule has 0 heterocycles. The van der Waals surface area contributed by atoms with Crippen molar-refractivity contribution in [2.45, 2.75) is 33.2 Å². The van der Waals surface area contributed by atoms with Crippen LogP contribution in [0.2, 0.25) is 6.04 Å². The standard InChI is InChI=1S/C11H18O6Si/c1-5-10(13)15-8-18(7-3,16-9(4)12)17-11(14)6-2/h5H,1,6-8H2,2-4H3. The second kappa shape index (κ2) is 7.65. The molecule has 1 unspecified atom stereocenters. The lowest BCUT2D eigenvalue weighted by atomic mass is 10.5. The van der Waals surface area contributed by atoms with Gasteiger partial charge >= 0.3 is 14.5 Å². The summed E-state index contributed by atoms with van der Waals surface area (Å²) in [6.07, 6.45) is 0.926. The maximum Gasteiger partial charge on any atom is 0.503 e. The molecule has 0 aliphatic rings. The molecule has 0 aromatic rings. The maximum atomic E-state index is 11.3. The van der Waals surface area contributed by atoms with Gasteiger partial charge in [-0.2, -0.15) is 0 Å². The number of rotatable bonds is 7. The molecule has 0 spiro atoms. The Bertz CT molecular complexity index is 340. The second-order valence-corrected chi connectivity index (χ2v) is 6.72. The average Bonchev–Trinajstić information content (AvgIpc) is 2.34. The Kier molecular flexibility index (Phi) is 6.95. The summed E-state index contributed by atoms with van der Waals surface area (Å²) in [5.74, 6) is -1.71. The van der Waals surface area contributed by atoms with Gasteiger partial charge in [-0.15, -0.1) is 0 Å². The predicted molar refractivity (Wildman–Crippen MR) is 65.5 cm³/mol. The van der Waals surface area contributed by atoms with Crippen LogP contribution >= 0.6 is 0 Å². The van der Waals surface area contributed by atoms with Crippen molar-refractivity contribution in [1.82, 2.24) is 0 Å². The first-order valence-corrected chi connectivity index (χ1v) is 7.82. The zero-order chi connectivity index (χ0) is 14.2. The first-order valence-electron chi connectivity index (χ1n) is 5.59. The molecule has 0 N–H and O–H groups in total. The molecule has 0 aliphatic carbocycles. The Morgan fingerprint density at radius 1 is 1.22 bits per heavy atom. The molecule has 0 aromatic carbocycles. The highest BCUT2D eigenvalue weighted by atomic mass is 28.4. The largest absolute Gasteiger partial charge is 0.503 e. The van der Waals surface area contributed by atoms with Crippen molar-refractivity contribution in [3.63, 3.8) is 0 Å². The number of hydrogen-bond donors (Lipinski definition) is 0. The summed E-state index contributed by atoms with van der Waals surface area (Å²) in [5, 5.41) is 0. The topological polar surface area (TPSA) is 78.9 Å². The summed E-state index contributed by atoms with van der Waals surface area (Å²) in [6, 6.07) is 0.308. The van der Waals surface area contributed by atoms with Crippen LogP contribution in [0.25, 0.3) is 0 Å². The molecular weight excluding hydrogens is 256 g/mol. The Labute approximate surface area is 107 Å². The molecule has 102 valence electrons. The van der Waals surface area contributed by atoms with Crippen LogP contribution in [0, 0.1) is 0 Å². The van der Waals surface area contributed by atoms with Gasteiger partial charge in [-0.1, -0.05) is 20.4 Å². The van der Waals surface area contributed by atoms with Crippen LogP contribution in [0.5, 0.6) is 0 Å². The lowest BCUT2D eigenvalue weighted by Crippen LogP contribution is -2.49. The molecule has 0 saturated heterocycles. The van der Waals surface area contributed by atoms with E-state index in [2.05, 4.69) is 6.58 Å². The van der Waals surface area contributed by atoms with Crippen molar-refractivity contribution in [2.24, 2.45) is 0 Å². The molecule has 0 rings (SSSR count). The van der Waals surface area contributed by atoms with Crippen molar-refractivity contribution in [3.05, 3.63) is 12.7 Å². The Morgan fingerprint density at radius 3 is 2.22 bits per heavy atom. The third-order valence-corrected chi connectivity index (χ3v) is 4.98. The van der Waals surface area contributed by atoms with Crippen LogP contribution < -0.4 is 0 Å². The van der Waals surface area contributed by atoms with E-state index in [-0.39, 0.29) is 12.7 Å². The van der Waals surface area contributed by atoms with Gasteiger partial charge in [0, 0.05) is 25.5 Å². The number of esters is 1. The van der Waals surface area contributed by atoms with Gasteiger partial charge in [0.2, 0.25) is 0 Å². The van der Waals surface area contributed by atoms with E-state index in [0.717, 1.165) is 6.08 Å². The van der Waals surface area contributed by atoms with E-state index in [0.29, 0.717) is 6.04 Å². The molecule has 1 atom stereocenters. The van der Waals surface area contributed by atoms with Gasteiger partial charge < -0.3 is 13.6 Å². The number of carbonyl (C=O) groups is 3. The summed E-state index contributed by atoms with van der Waals surface area (Å²) in [5.41, 5.74) is 0. The minimum absolute atomic E-state index is 0.158. The second-order valence-electron chi connectivity index (χ2n) is 3.50. The molecular formula is C11H18O6Si. The third-order valence-electron chi connectivity index (χ3n) is 2.06. The van der Waals surface area contributed by atoms with E-state index in [1.54, 1.807) is 13.8 Å². The summed E-state index contributed by atoms with van der Waals surface area (Å²) in [6.45, 7) is 7.80. The highest BCUT2D eigenvalue weighted by Crippen LogP contribution is 2.16. The molecule has 0 amide bonds. The van der Waals surface area contributed by atoms with Crippen molar-refractivity contribution in [2.75, 3.05) is 6.23 Å². The number of carbonyl (C=O) groups excluding carboxylic acids is 3. The molecule has 0 aromatic heterocycles. The van der Waals surface area contributed by atoms with E-state index < -0.39 is 26.5 Å². The molecule has 18 heavy (non-hydrogen) atoms. The number of hydrogen-bond acceptors (Lipinski definition) is 6. The quantitative estimate of drug-likeness (QED) is 0.395. The van der Waals surface area contributed by atoms with Gasteiger partial charge in [0.1, 0.15) is 0 Å². The third kappa shape index (κ3) is 5.62. The van der Waals surface area contributed by atoms with Gasteiger partial charge in [-0.05, 0) is 0 Å². The monoisotopic (exact) mass is 274 g/mol. The summed E-state index contributed by atoms with van der Waals surface area (Å²) < 4.78 is 15.1. The van der Waals surface area contributed by atoms with Crippen LogP contribution in [-0.2, 0) is 28.0 Å². The first-order chi connectivity index (χ1) is 8.39. The van der Waals surface area contributed by atoms with Gasteiger partial charge in [0.15, 0.2) is 6.23 Å². The van der Waals surface area contributed by atoms with E-state index in [1.165, 1.54) is 6.92 Å². The Hall–Kier alpha value is -1.63. The van der Waals surface area contributed by atoms with Gasteiger partial charge in [0.25, 0.3) is 11.9 Å². The molecule has 0 bridgehead atoms. The normalized spacial score (nSPS) is 13.1. The first kappa shape index (κ1) is 16.4. The van der Waals surface area contributed by atoms with Gasteiger partial charge in [-0.25, -0.2) is 4.79 Å². The van der Waals surface area contributed by atoms with Crippen LogP contribution in [-0.4, -0.2) is 32.7 Å². The fourth-order valence-electron chi connectivity index (χ4n) is 1.11. The maximum absolute atomic E-state index is 11.3. The van der Waals surface area contributed by atoms with E-state index in [1.807, 2.05) is 0 Å². The fourth-order valence-corrected chi connectivity index (χ4v) is 3.21. The van der Waals surface area contributed by atoms with E-state index in [4.69, 9.17) is 13.6 Å². The Balaban J connectivity index is 4.84. The van der Waals surface area contributed by atoms with Crippen LogP contribution in [0.1, 0.15) is 27.2 Å². The van der Waals surface area contributed by atoms with Crippen molar-refractivity contribution in [1.29, 1.82) is 0 Å². The molecule has 0 saturated carbocycles. The van der Waals surface area contributed by atoms with Crippen LogP contribution in [0.4, 0.5) is 0 Å². The minimum atomic E-state index is -3.19. The van der Waals surface area contributed by atoms with Crippen molar-refractivity contribution in [3.8, 4) is 0 Å². The average molecular weight is 274 g/mol. The lowest BCUT2D eigenvalue weighted by Gasteiger charge is -2.27. The van der Waals surface area contributed by atoms with Gasteiger partial charge in [-0.3, -0.25) is 9.59 Å². The molecule has 7 heteroatoms. The molecule has 0 fully saturated rings. The zero-order valence-corrected chi connectivity index (χ0v) is 11.9. The van der Waals surface area contributed by atoms with Gasteiger partial charge in [0.05, 0.1) is 0 Å². The molecule has 0 aliphatic heterocycles. The van der Waals surface area contributed by atoms with E-state index >= 15 is 0 Å². The highest BCUT2D eigenvalue weighted by Gasteiger charge is 2.44. The predicted octanol–water partition coefficient (Wildman–Crippen LogP) is 1.23.